The number of nitrogens with zero attached hydrogens (tertiary/aromatic N) is 1. The zero-order valence-corrected chi connectivity index (χ0v) is 14.4. The molecule has 0 bridgehead atoms. The summed E-state index contributed by atoms with van der Waals surface area (Å²) in [5.41, 5.74) is 0.969. The van der Waals surface area contributed by atoms with Crippen molar-refractivity contribution in [3.05, 3.63) is 22.2 Å². The van der Waals surface area contributed by atoms with Crippen LogP contribution in [-0.2, 0) is 11.3 Å². The van der Waals surface area contributed by atoms with Gasteiger partial charge >= 0.3 is 5.97 Å². The number of methoxy groups -OCH3 is 2. The van der Waals surface area contributed by atoms with Gasteiger partial charge in [-0.05, 0) is 41.9 Å². The van der Waals surface area contributed by atoms with E-state index in [0.717, 1.165) is 21.5 Å². The third-order valence-corrected chi connectivity index (χ3v) is 3.89. The Morgan fingerprint density at radius 3 is 2.38 bits per heavy atom. The number of carbonyl (C=O) groups is 1. The molecule has 0 fully saturated rings. The molecule has 0 amide bonds. The van der Waals surface area contributed by atoms with Gasteiger partial charge in [0.15, 0.2) is 0 Å². The minimum Gasteiger partial charge on any atom is -0.496 e. The number of halogens is 1. The highest BCUT2D eigenvalue weighted by molar-refractivity contribution is 9.10. The van der Waals surface area contributed by atoms with Gasteiger partial charge in [0.25, 0.3) is 0 Å². The number of rotatable bonds is 8. The molecule has 0 heterocycles. The summed E-state index contributed by atoms with van der Waals surface area (Å²) in [5, 5.41) is 8.85. The van der Waals surface area contributed by atoms with E-state index in [0.29, 0.717) is 13.1 Å². The Hall–Kier alpha value is -1.27. The van der Waals surface area contributed by atoms with Crippen molar-refractivity contribution < 1.29 is 19.4 Å². The normalized spacial score (nSPS) is 11.0. The van der Waals surface area contributed by atoms with Gasteiger partial charge in [0, 0.05) is 24.7 Å². The van der Waals surface area contributed by atoms with Crippen molar-refractivity contribution in [2.75, 3.05) is 20.8 Å². The summed E-state index contributed by atoms with van der Waals surface area (Å²) in [7, 11) is 3.23. The van der Waals surface area contributed by atoms with Crippen molar-refractivity contribution in [2.24, 2.45) is 0 Å². The summed E-state index contributed by atoms with van der Waals surface area (Å²) >= 11 is 3.43. The molecule has 0 unspecified atom stereocenters. The monoisotopic (exact) mass is 359 g/mol. The van der Waals surface area contributed by atoms with E-state index in [1.165, 1.54) is 0 Å². The van der Waals surface area contributed by atoms with E-state index in [-0.39, 0.29) is 12.5 Å². The second kappa shape index (κ2) is 8.24. The van der Waals surface area contributed by atoms with Gasteiger partial charge in [0.1, 0.15) is 11.5 Å². The molecule has 0 saturated carbocycles. The van der Waals surface area contributed by atoms with Crippen LogP contribution in [0.1, 0.15) is 25.8 Å². The van der Waals surface area contributed by atoms with Crippen molar-refractivity contribution in [1.29, 1.82) is 0 Å². The van der Waals surface area contributed by atoms with Gasteiger partial charge in [0.2, 0.25) is 0 Å². The Balaban J connectivity index is 2.98. The maximum Gasteiger partial charge on any atom is 0.304 e. The molecule has 5 nitrogen and oxygen atoms in total. The molecule has 0 spiro atoms. The summed E-state index contributed by atoms with van der Waals surface area (Å²) in [4.78, 5) is 12.9. The second-order valence-electron chi connectivity index (χ2n) is 5.01. The summed E-state index contributed by atoms with van der Waals surface area (Å²) in [6, 6.07) is 4.02. The Kier molecular flexibility index (Phi) is 6.98. The zero-order valence-electron chi connectivity index (χ0n) is 12.9. The Morgan fingerprint density at radius 1 is 1.29 bits per heavy atom. The van der Waals surface area contributed by atoms with Gasteiger partial charge in [-0.15, -0.1) is 0 Å². The van der Waals surface area contributed by atoms with Crippen molar-refractivity contribution >= 4 is 21.9 Å². The van der Waals surface area contributed by atoms with Crippen LogP contribution in [-0.4, -0.2) is 42.8 Å². The maximum absolute atomic E-state index is 10.8. The molecule has 1 N–H and O–H groups in total. The number of carboxylic acids is 1. The molecule has 21 heavy (non-hydrogen) atoms. The van der Waals surface area contributed by atoms with Gasteiger partial charge in [-0.3, -0.25) is 9.69 Å². The first-order valence-corrected chi connectivity index (χ1v) is 7.54. The lowest BCUT2D eigenvalue weighted by Gasteiger charge is -2.27. The maximum atomic E-state index is 10.8. The minimum absolute atomic E-state index is 0.119. The lowest BCUT2D eigenvalue weighted by molar-refractivity contribution is -0.137. The molecule has 1 rings (SSSR count). The predicted octanol–water partition coefficient (Wildman–Crippen LogP) is 3.15. The fourth-order valence-corrected chi connectivity index (χ4v) is 2.51. The van der Waals surface area contributed by atoms with Gasteiger partial charge in [-0.1, -0.05) is 0 Å². The zero-order chi connectivity index (χ0) is 16.0. The quantitative estimate of drug-likeness (QED) is 0.772. The molecule has 0 aromatic heterocycles. The molecule has 0 saturated heterocycles. The van der Waals surface area contributed by atoms with Crippen molar-refractivity contribution in [1.82, 2.24) is 4.90 Å². The molecule has 0 radical (unpaired) electrons. The number of ether oxygens (including phenoxy) is 2. The third-order valence-electron chi connectivity index (χ3n) is 3.27. The Morgan fingerprint density at radius 2 is 1.90 bits per heavy atom. The van der Waals surface area contributed by atoms with Crippen LogP contribution in [0.25, 0.3) is 0 Å². The van der Waals surface area contributed by atoms with Crippen LogP contribution in [0.2, 0.25) is 0 Å². The Labute approximate surface area is 134 Å². The Bertz CT molecular complexity index is 491. The van der Waals surface area contributed by atoms with Crippen LogP contribution in [0.5, 0.6) is 11.5 Å². The van der Waals surface area contributed by atoms with Crippen LogP contribution in [0.3, 0.4) is 0 Å². The molecule has 1 aromatic rings. The molecule has 0 aliphatic rings. The highest BCUT2D eigenvalue weighted by Crippen LogP contribution is 2.33. The first-order chi connectivity index (χ1) is 9.88. The fraction of sp³-hybridized carbons (Fsp3) is 0.533. The molecular formula is C15H22BrNO4. The van der Waals surface area contributed by atoms with Crippen LogP contribution in [0, 0.1) is 0 Å². The fourth-order valence-electron chi connectivity index (χ4n) is 2.03. The third kappa shape index (κ3) is 5.21. The van der Waals surface area contributed by atoms with Crippen LogP contribution in [0.4, 0.5) is 0 Å². The number of carboxylic acid groups (broad SMARTS) is 1. The lowest BCUT2D eigenvalue weighted by Crippen LogP contribution is -2.32. The van der Waals surface area contributed by atoms with Gasteiger partial charge in [-0.2, -0.15) is 0 Å². The summed E-state index contributed by atoms with van der Waals surface area (Å²) in [6.45, 7) is 5.20. The number of hydrogen-bond donors (Lipinski definition) is 1. The summed E-state index contributed by atoms with van der Waals surface area (Å²) < 4.78 is 11.5. The van der Waals surface area contributed by atoms with Crippen LogP contribution in [0.15, 0.2) is 16.6 Å². The molecule has 6 heteroatoms. The highest BCUT2D eigenvalue weighted by atomic mass is 79.9. The molecule has 0 atom stereocenters. The molecule has 1 aromatic carbocycles. The highest BCUT2D eigenvalue weighted by Gasteiger charge is 2.16. The van der Waals surface area contributed by atoms with E-state index in [9.17, 15) is 4.79 Å². The topological polar surface area (TPSA) is 59.0 Å². The molecule has 0 aliphatic carbocycles. The summed E-state index contributed by atoms with van der Waals surface area (Å²) in [5.74, 6) is 0.692. The lowest BCUT2D eigenvalue weighted by atomic mass is 10.1. The molecular weight excluding hydrogens is 338 g/mol. The van der Waals surface area contributed by atoms with Crippen LogP contribution >= 0.6 is 15.9 Å². The van der Waals surface area contributed by atoms with E-state index in [2.05, 4.69) is 20.8 Å². The minimum atomic E-state index is -0.791. The summed E-state index contributed by atoms with van der Waals surface area (Å²) in [6.07, 6.45) is 0.119. The standard InChI is InChI=1S/C15H22BrNO4/c1-10(2)17(6-5-15(18)19)9-11-7-14(21-4)12(16)8-13(11)20-3/h7-8,10H,5-6,9H2,1-4H3,(H,18,19). The number of benzene rings is 1. The van der Waals surface area contributed by atoms with E-state index in [1.807, 2.05) is 26.0 Å². The first-order valence-electron chi connectivity index (χ1n) is 6.75. The smallest absolute Gasteiger partial charge is 0.304 e. The van der Waals surface area contributed by atoms with Crippen molar-refractivity contribution in [3.63, 3.8) is 0 Å². The van der Waals surface area contributed by atoms with Crippen molar-refractivity contribution in [3.8, 4) is 11.5 Å². The average Bonchev–Trinajstić information content (AvgIpc) is 2.43. The molecule has 0 aliphatic heterocycles. The van der Waals surface area contributed by atoms with E-state index in [4.69, 9.17) is 14.6 Å². The largest absolute Gasteiger partial charge is 0.496 e. The number of aliphatic carboxylic acids is 1. The van der Waals surface area contributed by atoms with E-state index < -0.39 is 5.97 Å². The van der Waals surface area contributed by atoms with Gasteiger partial charge in [0.05, 0.1) is 25.1 Å². The van der Waals surface area contributed by atoms with Crippen LogP contribution < -0.4 is 9.47 Å². The van der Waals surface area contributed by atoms with E-state index in [1.54, 1.807) is 14.2 Å². The number of hydrogen-bond acceptors (Lipinski definition) is 4. The van der Waals surface area contributed by atoms with Gasteiger partial charge < -0.3 is 14.6 Å². The van der Waals surface area contributed by atoms with Gasteiger partial charge in [-0.25, -0.2) is 0 Å². The average molecular weight is 360 g/mol. The molecule has 118 valence electrons. The SMILES string of the molecule is COc1cc(CN(CCC(=O)O)C(C)C)c(OC)cc1Br. The van der Waals surface area contributed by atoms with E-state index >= 15 is 0 Å². The van der Waals surface area contributed by atoms with Crippen molar-refractivity contribution in [2.45, 2.75) is 32.9 Å². The second-order valence-corrected chi connectivity index (χ2v) is 5.86. The first kappa shape index (κ1) is 17.8. The predicted molar refractivity (Wildman–Crippen MR) is 85.0 cm³/mol.